The number of ether oxygens (including phenoxy) is 1. The first-order chi connectivity index (χ1) is 12.0. The van der Waals surface area contributed by atoms with E-state index in [1.807, 2.05) is 30.3 Å². The Hall–Kier alpha value is -1.39. The fraction of sp³-hybridized carbons (Fsp3) is 0.667. The van der Waals surface area contributed by atoms with Crippen molar-refractivity contribution in [2.45, 2.75) is 58.1 Å². The van der Waals surface area contributed by atoms with Gasteiger partial charge in [0.15, 0.2) is 5.60 Å². The molecule has 1 aliphatic heterocycles. The van der Waals surface area contributed by atoms with Crippen LogP contribution in [0, 0.1) is 5.92 Å². The fourth-order valence-electron chi connectivity index (χ4n) is 3.55. The van der Waals surface area contributed by atoms with Crippen LogP contribution in [0.3, 0.4) is 0 Å². The summed E-state index contributed by atoms with van der Waals surface area (Å²) in [6.07, 6.45) is 4.02. The molecule has 4 heteroatoms. The average molecular weight is 347 g/mol. The molecule has 1 aromatic rings. The lowest BCUT2D eigenvalue weighted by molar-refractivity contribution is -0.158. The van der Waals surface area contributed by atoms with Gasteiger partial charge in [-0.15, -0.1) is 0 Å². The summed E-state index contributed by atoms with van der Waals surface area (Å²) >= 11 is 0. The first kappa shape index (κ1) is 19.9. The maximum atomic E-state index is 13.4. The van der Waals surface area contributed by atoms with Crippen LogP contribution in [-0.2, 0) is 15.1 Å². The molecule has 1 saturated heterocycles. The molecule has 4 nitrogen and oxygen atoms in total. The van der Waals surface area contributed by atoms with Gasteiger partial charge in [-0.05, 0) is 50.9 Å². The molecule has 1 heterocycles. The Morgan fingerprint density at radius 3 is 2.48 bits per heavy atom. The quantitative estimate of drug-likeness (QED) is 0.732. The molecule has 0 aliphatic carbocycles. The minimum atomic E-state index is -0.917. The summed E-state index contributed by atoms with van der Waals surface area (Å²) < 4.78 is 6.32. The van der Waals surface area contributed by atoms with Gasteiger partial charge in [0.25, 0.3) is 5.91 Å². The predicted molar refractivity (Wildman–Crippen MR) is 102 cm³/mol. The van der Waals surface area contributed by atoms with Crippen LogP contribution in [0.15, 0.2) is 30.3 Å². The summed E-state index contributed by atoms with van der Waals surface area (Å²) in [6.45, 7) is 8.95. The van der Waals surface area contributed by atoms with Crippen LogP contribution in [0.5, 0.6) is 0 Å². The molecule has 0 radical (unpaired) electrons. The molecular weight excluding hydrogens is 312 g/mol. The Morgan fingerprint density at radius 2 is 1.92 bits per heavy atom. The highest BCUT2D eigenvalue weighted by molar-refractivity contribution is 5.87. The summed E-state index contributed by atoms with van der Waals surface area (Å²) in [5.74, 6) is 0.0670. The van der Waals surface area contributed by atoms with E-state index >= 15 is 0 Å². The van der Waals surface area contributed by atoms with Gasteiger partial charge in [0, 0.05) is 12.6 Å². The van der Waals surface area contributed by atoms with Crippen LogP contribution in [-0.4, -0.2) is 43.6 Å². The minimum absolute atomic E-state index is 0.0133. The fourth-order valence-corrected chi connectivity index (χ4v) is 3.55. The van der Waals surface area contributed by atoms with Crippen LogP contribution < -0.4 is 5.32 Å². The number of hydrogen-bond acceptors (Lipinski definition) is 3. The van der Waals surface area contributed by atoms with Gasteiger partial charge in [0.1, 0.15) is 0 Å². The lowest BCUT2D eigenvalue weighted by Crippen LogP contribution is -2.54. The van der Waals surface area contributed by atoms with E-state index in [4.69, 9.17) is 4.74 Å². The molecule has 1 N–H and O–H groups in total. The van der Waals surface area contributed by atoms with E-state index in [2.05, 4.69) is 38.0 Å². The number of amides is 1. The Labute approximate surface area is 152 Å². The third kappa shape index (κ3) is 4.83. The van der Waals surface area contributed by atoms with Crippen molar-refractivity contribution in [1.29, 1.82) is 0 Å². The lowest BCUT2D eigenvalue weighted by Gasteiger charge is -2.39. The molecule has 0 bridgehead atoms. The maximum absolute atomic E-state index is 13.4. The van der Waals surface area contributed by atoms with Gasteiger partial charge in [0.05, 0.1) is 0 Å². The zero-order chi connectivity index (χ0) is 18.3. The highest BCUT2D eigenvalue weighted by Crippen LogP contribution is 2.35. The van der Waals surface area contributed by atoms with E-state index < -0.39 is 5.60 Å². The third-order valence-corrected chi connectivity index (χ3v) is 5.23. The van der Waals surface area contributed by atoms with Crippen LogP contribution in [0.25, 0.3) is 0 Å². The number of likely N-dealkylation sites (tertiary alicyclic amines) is 1. The van der Waals surface area contributed by atoms with Crippen molar-refractivity contribution in [2.75, 3.05) is 26.7 Å². The molecule has 140 valence electrons. The maximum Gasteiger partial charge on any atom is 0.257 e. The number of nitrogens with zero attached hydrogens (tertiary/aromatic N) is 1. The molecule has 25 heavy (non-hydrogen) atoms. The monoisotopic (exact) mass is 346 g/mol. The highest BCUT2D eigenvalue weighted by atomic mass is 16.5. The van der Waals surface area contributed by atoms with Crippen LogP contribution in [0.4, 0.5) is 0 Å². The van der Waals surface area contributed by atoms with E-state index in [0.717, 1.165) is 44.3 Å². The van der Waals surface area contributed by atoms with Gasteiger partial charge in [-0.3, -0.25) is 4.79 Å². The summed E-state index contributed by atoms with van der Waals surface area (Å²) in [4.78, 5) is 15.7. The third-order valence-electron chi connectivity index (χ3n) is 5.23. The minimum Gasteiger partial charge on any atom is -0.360 e. The molecule has 0 aromatic heterocycles. The highest BCUT2D eigenvalue weighted by Gasteiger charge is 2.45. The smallest absolute Gasteiger partial charge is 0.257 e. The van der Waals surface area contributed by atoms with E-state index in [0.29, 0.717) is 6.61 Å². The second-order valence-electron chi connectivity index (χ2n) is 7.51. The first-order valence-corrected chi connectivity index (χ1v) is 9.69. The van der Waals surface area contributed by atoms with Gasteiger partial charge in [-0.2, -0.15) is 0 Å². The second kappa shape index (κ2) is 9.35. The molecule has 1 amide bonds. The van der Waals surface area contributed by atoms with Crippen molar-refractivity contribution >= 4 is 5.91 Å². The lowest BCUT2D eigenvalue weighted by atomic mass is 9.81. The van der Waals surface area contributed by atoms with Crippen LogP contribution in [0.2, 0.25) is 0 Å². The van der Waals surface area contributed by atoms with Crippen molar-refractivity contribution in [3.05, 3.63) is 35.9 Å². The van der Waals surface area contributed by atoms with E-state index in [1.165, 1.54) is 0 Å². The molecule has 1 atom stereocenters. The van der Waals surface area contributed by atoms with Gasteiger partial charge >= 0.3 is 0 Å². The number of benzene rings is 1. The summed E-state index contributed by atoms with van der Waals surface area (Å²) in [5, 5.41) is 3.30. The SMILES string of the molecule is CCCCOC(C(=O)NC1CCN(C)CC1)(c1ccccc1)C(C)C. The average Bonchev–Trinajstić information content (AvgIpc) is 2.61. The molecule has 2 rings (SSSR count). The van der Waals surface area contributed by atoms with E-state index in [9.17, 15) is 4.79 Å². The Kier molecular flexibility index (Phi) is 7.45. The van der Waals surface area contributed by atoms with Gasteiger partial charge < -0.3 is 15.0 Å². The number of nitrogens with one attached hydrogen (secondary N) is 1. The molecule has 1 aromatic carbocycles. The number of carbonyl (C=O) groups is 1. The van der Waals surface area contributed by atoms with Crippen LogP contribution >= 0.6 is 0 Å². The second-order valence-corrected chi connectivity index (χ2v) is 7.51. The van der Waals surface area contributed by atoms with Crippen LogP contribution in [0.1, 0.15) is 52.0 Å². The normalized spacial score (nSPS) is 18.9. The van der Waals surface area contributed by atoms with Gasteiger partial charge in [0.2, 0.25) is 0 Å². The molecule has 0 spiro atoms. The molecule has 1 aliphatic rings. The van der Waals surface area contributed by atoms with Crippen molar-refractivity contribution in [3.8, 4) is 0 Å². The largest absolute Gasteiger partial charge is 0.360 e. The number of piperidine rings is 1. The molecule has 0 saturated carbocycles. The number of unbranched alkanes of at least 4 members (excludes halogenated alkanes) is 1. The van der Waals surface area contributed by atoms with Crippen molar-refractivity contribution in [1.82, 2.24) is 10.2 Å². The summed E-state index contributed by atoms with van der Waals surface area (Å²) in [5.41, 5.74) is 0.0336. The summed E-state index contributed by atoms with van der Waals surface area (Å²) in [6, 6.07) is 10.2. The van der Waals surface area contributed by atoms with E-state index in [-0.39, 0.29) is 17.9 Å². The topological polar surface area (TPSA) is 41.6 Å². The summed E-state index contributed by atoms with van der Waals surface area (Å²) in [7, 11) is 2.13. The number of hydrogen-bond donors (Lipinski definition) is 1. The molecular formula is C21H34N2O2. The van der Waals surface area contributed by atoms with Gasteiger partial charge in [-0.25, -0.2) is 0 Å². The predicted octanol–water partition coefficient (Wildman–Crippen LogP) is 3.57. The Morgan fingerprint density at radius 1 is 1.28 bits per heavy atom. The van der Waals surface area contributed by atoms with Gasteiger partial charge in [-0.1, -0.05) is 57.5 Å². The standard InChI is InChI=1S/C21H34N2O2/c1-5-6-16-25-21(17(2)3,18-10-8-7-9-11-18)20(24)22-19-12-14-23(4)15-13-19/h7-11,17,19H,5-6,12-16H2,1-4H3,(H,22,24). The number of rotatable bonds is 8. The Bertz CT molecular complexity index is 524. The Balaban J connectivity index is 2.23. The molecule has 1 fully saturated rings. The first-order valence-electron chi connectivity index (χ1n) is 9.69. The number of carbonyl (C=O) groups excluding carboxylic acids is 1. The van der Waals surface area contributed by atoms with E-state index in [1.54, 1.807) is 0 Å². The zero-order valence-electron chi connectivity index (χ0n) is 16.3. The zero-order valence-corrected chi connectivity index (χ0v) is 16.3. The van der Waals surface area contributed by atoms with Crippen molar-refractivity contribution in [3.63, 3.8) is 0 Å². The van der Waals surface area contributed by atoms with Crippen molar-refractivity contribution < 1.29 is 9.53 Å². The molecule has 1 unspecified atom stereocenters. The van der Waals surface area contributed by atoms with Crippen molar-refractivity contribution in [2.24, 2.45) is 5.92 Å².